The second-order valence-corrected chi connectivity index (χ2v) is 2.83. The molecule has 0 saturated heterocycles. The van der Waals surface area contributed by atoms with Crippen molar-refractivity contribution >= 4 is 22.3 Å². The van der Waals surface area contributed by atoms with Crippen molar-refractivity contribution in [3.63, 3.8) is 0 Å². The Labute approximate surface area is 85.2 Å². The third-order valence-electron chi connectivity index (χ3n) is 1.55. The van der Waals surface area contributed by atoms with Crippen molar-refractivity contribution in [2.24, 2.45) is 0 Å². The monoisotopic (exact) mass is 208 g/mol. The molecule has 0 atom stereocenters. The van der Waals surface area contributed by atoms with E-state index in [9.17, 15) is 10.1 Å². The van der Waals surface area contributed by atoms with Crippen molar-refractivity contribution in [2.75, 3.05) is 0 Å². The molecule has 0 heterocycles. The van der Waals surface area contributed by atoms with Crippen LogP contribution in [0.1, 0.15) is 5.56 Å². The normalized spacial score (nSPS) is 10.7. The van der Waals surface area contributed by atoms with Crippen molar-refractivity contribution in [1.82, 2.24) is 0 Å². The number of nitriles is 1. The molecule has 0 aromatic heterocycles. The molecule has 70 valence electrons. The van der Waals surface area contributed by atoms with Gasteiger partial charge in [-0.3, -0.25) is 10.1 Å². The topological polar surface area (TPSA) is 66.9 Å². The second-order valence-electron chi connectivity index (χ2n) is 2.43. The van der Waals surface area contributed by atoms with Crippen LogP contribution in [0.15, 0.2) is 30.3 Å². The van der Waals surface area contributed by atoms with Gasteiger partial charge in [0, 0.05) is 18.2 Å². The maximum absolute atomic E-state index is 10.3. The van der Waals surface area contributed by atoms with Gasteiger partial charge in [-0.2, -0.15) is 5.26 Å². The molecule has 0 amide bonds. The number of hydrogen-bond donors (Lipinski definition) is 0. The summed E-state index contributed by atoms with van der Waals surface area (Å²) in [7, 11) is 0. The van der Waals surface area contributed by atoms with Gasteiger partial charge in [0.2, 0.25) is 0 Å². The minimum atomic E-state index is -0.494. The van der Waals surface area contributed by atoms with Crippen LogP contribution in [0.4, 0.5) is 5.69 Å². The fourth-order valence-corrected chi connectivity index (χ4v) is 1.06. The van der Waals surface area contributed by atoms with Crippen LogP contribution in [-0.2, 0) is 0 Å². The van der Waals surface area contributed by atoms with E-state index < -0.39 is 4.92 Å². The average molecular weight is 209 g/mol. The Balaban J connectivity index is 3.01. The summed E-state index contributed by atoms with van der Waals surface area (Å²) in [5.41, 5.74) is 0.578. The number of allylic oxidation sites excluding steroid dienone is 1. The Morgan fingerprint density at radius 2 is 2.07 bits per heavy atom. The van der Waals surface area contributed by atoms with E-state index in [4.69, 9.17) is 16.9 Å². The van der Waals surface area contributed by atoms with E-state index in [0.29, 0.717) is 5.56 Å². The summed E-state index contributed by atoms with van der Waals surface area (Å²) >= 11 is 5.71. The first kappa shape index (κ1) is 10.2. The predicted octanol–water partition coefficient (Wildman–Crippen LogP) is 2.70. The van der Waals surface area contributed by atoms with E-state index in [1.165, 1.54) is 30.3 Å². The molecular formula is C9H5ClN2O2. The molecule has 5 heteroatoms. The number of non-ortho nitro benzene ring substituents is 1. The molecular weight excluding hydrogens is 204 g/mol. The van der Waals surface area contributed by atoms with Crippen LogP contribution in [0.25, 0.3) is 5.03 Å². The van der Waals surface area contributed by atoms with Gasteiger partial charge in [0.05, 0.1) is 16.0 Å². The Kier molecular flexibility index (Phi) is 3.21. The SMILES string of the molecule is N#CC=C(Cl)c1ccc([N+](=O)[O-])cc1. The average Bonchev–Trinajstić information content (AvgIpc) is 2.18. The molecule has 0 aliphatic heterocycles. The largest absolute Gasteiger partial charge is 0.269 e. The zero-order valence-electron chi connectivity index (χ0n) is 6.98. The minimum Gasteiger partial charge on any atom is -0.258 e. The Morgan fingerprint density at radius 3 is 2.50 bits per heavy atom. The first-order valence-electron chi connectivity index (χ1n) is 3.65. The van der Waals surface area contributed by atoms with Crippen LogP contribution < -0.4 is 0 Å². The molecule has 1 aromatic carbocycles. The molecule has 0 spiro atoms. The van der Waals surface area contributed by atoms with Gasteiger partial charge in [-0.25, -0.2) is 0 Å². The highest BCUT2D eigenvalue weighted by Gasteiger charge is 2.04. The highest BCUT2D eigenvalue weighted by molar-refractivity contribution is 6.48. The van der Waals surface area contributed by atoms with Crippen molar-refractivity contribution in [3.05, 3.63) is 46.0 Å². The van der Waals surface area contributed by atoms with Gasteiger partial charge in [-0.05, 0) is 17.7 Å². The summed E-state index contributed by atoms with van der Waals surface area (Å²) in [5, 5.41) is 18.9. The van der Waals surface area contributed by atoms with Crippen LogP contribution in [-0.4, -0.2) is 4.92 Å². The van der Waals surface area contributed by atoms with Crippen molar-refractivity contribution < 1.29 is 4.92 Å². The zero-order valence-corrected chi connectivity index (χ0v) is 7.73. The number of nitro benzene ring substituents is 1. The van der Waals surface area contributed by atoms with Crippen LogP contribution >= 0.6 is 11.6 Å². The van der Waals surface area contributed by atoms with Crippen LogP contribution in [0, 0.1) is 21.4 Å². The Morgan fingerprint density at radius 1 is 1.50 bits per heavy atom. The fourth-order valence-electron chi connectivity index (χ4n) is 0.882. The minimum absolute atomic E-state index is 0.00447. The summed E-state index contributed by atoms with van der Waals surface area (Å²) in [6, 6.07) is 7.44. The highest BCUT2D eigenvalue weighted by atomic mass is 35.5. The third kappa shape index (κ3) is 2.31. The number of nitro groups is 1. The van der Waals surface area contributed by atoms with E-state index in [-0.39, 0.29) is 10.7 Å². The third-order valence-corrected chi connectivity index (χ3v) is 1.87. The van der Waals surface area contributed by atoms with Crippen molar-refractivity contribution in [1.29, 1.82) is 5.26 Å². The number of halogens is 1. The summed E-state index contributed by atoms with van der Waals surface area (Å²) in [6.45, 7) is 0. The Hall–Kier alpha value is -1.86. The van der Waals surface area contributed by atoms with Gasteiger partial charge in [0.15, 0.2) is 0 Å². The molecule has 0 aliphatic rings. The Bertz CT molecular complexity index is 417. The molecule has 0 bridgehead atoms. The lowest BCUT2D eigenvalue weighted by atomic mass is 10.2. The number of hydrogen-bond acceptors (Lipinski definition) is 3. The fraction of sp³-hybridized carbons (Fsp3) is 0. The maximum Gasteiger partial charge on any atom is 0.269 e. The molecule has 0 unspecified atom stereocenters. The van der Waals surface area contributed by atoms with E-state index in [1.807, 2.05) is 0 Å². The standard InChI is InChI=1S/C9H5ClN2O2/c10-9(5-6-11)7-1-3-8(4-2-7)12(13)14/h1-5H. The molecule has 1 rings (SSSR count). The predicted molar refractivity (Wildman–Crippen MR) is 52.5 cm³/mol. The lowest BCUT2D eigenvalue weighted by Crippen LogP contribution is -1.87. The summed E-state index contributed by atoms with van der Waals surface area (Å²) in [4.78, 5) is 9.82. The maximum atomic E-state index is 10.3. The molecule has 0 N–H and O–H groups in total. The summed E-state index contributed by atoms with van der Waals surface area (Å²) in [6.07, 6.45) is 1.17. The number of rotatable bonds is 2. The zero-order chi connectivity index (χ0) is 10.6. The van der Waals surface area contributed by atoms with Gasteiger partial charge in [-0.1, -0.05) is 11.6 Å². The van der Waals surface area contributed by atoms with Crippen LogP contribution in [0.5, 0.6) is 0 Å². The van der Waals surface area contributed by atoms with E-state index >= 15 is 0 Å². The van der Waals surface area contributed by atoms with Gasteiger partial charge < -0.3 is 0 Å². The van der Waals surface area contributed by atoms with Crippen LogP contribution in [0.3, 0.4) is 0 Å². The van der Waals surface area contributed by atoms with Crippen LogP contribution in [0.2, 0.25) is 0 Å². The smallest absolute Gasteiger partial charge is 0.258 e. The second kappa shape index (κ2) is 4.40. The quantitative estimate of drug-likeness (QED) is 0.426. The van der Waals surface area contributed by atoms with Gasteiger partial charge in [-0.15, -0.1) is 0 Å². The van der Waals surface area contributed by atoms with E-state index in [0.717, 1.165) is 0 Å². The van der Waals surface area contributed by atoms with Gasteiger partial charge in [0.1, 0.15) is 0 Å². The number of nitrogens with zero attached hydrogens (tertiary/aromatic N) is 2. The summed E-state index contributed by atoms with van der Waals surface area (Å²) in [5.74, 6) is 0. The summed E-state index contributed by atoms with van der Waals surface area (Å²) < 4.78 is 0. The lowest BCUT2D eigenvalue weighted by molar-refractivity contribution is -0.384. The molecule has 0 fully saturated rings. The van der Waals surface area contributed by atoms with Gasteiger partial charge >= 0.3 is 0 Å². The molecule has 1 aromatic rings. The molecule has 14 heavy (non-hydrogen) atoms. The van der Waals surface area contributed by atoms with Crippen molar-refractivity contribution in [2.45, 2.75) is 0 Å². The van der Waals surface area contributed by atoms with Gasteiger partial charge in [0.25, 0.3) is 5.69 Å². The van der Waals surface area contributed by atoms with E-state index in [2.05, 4.69) is 0 Å². The molecule has 4 nitrogen and oxygen atoms in total. The van der Waals surface area contributed by atoms with Crippen molar-refractivity contribution in [3.8, 4) is 6.07 Å². The lowest BCUT2D eigenvalue weighted by Gasteiger charge is -1.96. The van der Waals surface area contributed by atoms with E-state index in [1.54, 1.807) is 6.07 Å². The molecule has 0 radical (unpaired) electrons. The number of benzene rings is 1. The molecule has 0 aliphatic carbocycles. The first-order valence-corrected chi connectivity index (χ1v) is 4.03. The molecule has 0 saturated carbocycles. The first-order chi connectivity index (χ1) is 6.65. The highest BCUT2D eigenvalue weighted by Crippen LogP contribution is 2.21.